The Kier molecular flexibility index (Phi) is 5.02. The van der Waals surface area contributed by atoms with Gasteiger partial charge in [-0.15, -0.1) is 13.2 Å². The Morgan fingerprint density at radius 3 is 2.25 bits per heavy atom. The molecule has 0 aliphatic heterocycles. The summed E-state index contributed by atoms with van der Waals surface area (Å²) in [7, 11) is 0. The van der Waals surface area contributed by atoms with Crippen molar-refractivity contribution in [2.24, 2.45) is 0 Å². The zero-order valence-corrected chi connectivity index (χ0v) is 9.23. The third-order valence-electron chi connectivity index (χ3n) is 1.99. The predicted octanol–water partition coefficient (Wildman–Crippen LogP) is 2.01. The van der Waals surface area contributed by atoms with Gasteiger partial charge in [0, 0.05) is 18.7 Å². The van der Waals surface area contributed by atoms with Crippen LogP contribution in [-0.4, -0.2) is 24.0 Å². The number of benzene rings is 1. The second-order valence-electron chi connectivity index (χ2n) is 3.29. The molecule has 3 nitrogen and oxygen atoms in total. The van der Waals surface area contributed by atoms with Gasteiger partial charge in [-0.1, -0.05) is 30.4 Å². The smallest absolute Gasteiger partial charge is 0.265 e. The lowest BCUT2D eigenvalue weighted by Crippen LogP contribution is -2.42. The van der Waals surface area contributed by atoms with Crippen molar-refractivity contribution in [1.82, 2.24) is 10.4 Å². The molecule has 1 aromatic rings. The summed E-state index contributed by atoms with van der Waals surface area (Å²) in [5.41, 5.74) is 3.43. The van der Waals surface area contributed by atoms with Crippen molar-refractivity contribution in [3.05, 3.63) is 61.2 Å². The summed E-state index contributed by atoms with van der Waals surface area (Å²) in [5, 5.41) is 1.75. The molecule has 0 radical (unpaired) electrons. The summed E-state index contributed by atoms with van der Waals surface area (Å²) < 4.78 is 0. The average molecular weight is 216 g/mol. The molecule has 0 atom stereocenters. The molecule has 1 rings (SSSR count). The minimum Gasteiger partial charge on any atom is -0.284 e. The molecule has 0 unspecified atom stereocenters. The van der Waals surface area contributed by atoms with Gasteiger partial charge in [0.15, 0.2) is 0 Å². The van der Waals surface area contributed by atoms with E-state index in [1.54, 1.807) is 29.3 Å². The van der Waals surface area contributed by atoms with E-state index in [2.05, 4.69) is 18.6 Å². The molecule has 0 aliphatic carbocycles. The molecule has 0 aliphatic rings. The normalized spacial score (nSPS) is 9.81. The number of hydrogen-bond acceptors (Lipinski definition) is 2. The van der Waals surface area contributed by atoms with E-state index in [1.807, 2.05) is 18.2 Å². The fourth-order valence-corrected chi connectivity index (χ4v) is 1.28. The van der Waals surface area contributed by atoms with Crippen LogP contribution in [0.2, 0.25) is 0 Å². The van der Waals surface area contributed by atoms with Gasteiger partial charge in [0.05, 0.1) is 0 Å². The van der Waals surface area contributed by atoms with Gasteiger partial charge in [0.1, 0.15) is 0 Å². The molecule has 0 heterocycles. The molecule has 3 heteroatoms. The Hall–Kier alpha value is -1.87. The molecule has 0 saturated heterocycles. The summed E-state index contributed by atoms with van der Waals surface area (Å²) in [6.07, 6.45) is 3.46. The van der Waals surface area contributed by atoms with Crippen LogP contribution in [0.25, 0.3) is 0 Å². The van der Waals surface area contributed by atoms with Crippen molar-refractivity contribution >= 4 is 5.91 Å². The monoisotopic (exact) mass is 216 g/mol. The number of carbonyl (C=O) groups is 1. The highest BCUT2D eigenvalue weighted by molar-refractivity contribution is 5.93. The average Bonchev–Trinajstić information content (AvgIpc) is 2.31. The molecule has 84 valence electrons. The van der Waals surface area contributed by atoms with E-state index in [9.17, 15) is 4.79 Å². The summed E-state index contributed by atoms with van der Waals surface area (Å²) >= 11 is 0. The van der Waals surface area contributed by atoms with Crippen LogP contribution in [0.1, 0.15) is 10.4 Å². The van der Waals surface area contributed by atoms with Crippen LogP contribution >= 0.6 is 0 Å². The Morgan fingerprint density at radius 2 is 1.75 bits per heavy atom. The maximum atomic E-state index is 11.8. The van der Waals surface area contributed by atoms with Gasteiger partial charge in [-0.25, -0.2) is 5.01 Å². The molecule has 0 spiro atoms. The zero-order valence-electron chi connectivity index (χ0n) is 9.23. The van der Waals surface area contributed by atoms with Gasteiger partial charge in [0.25, 0.3) is 5.91 Å². The lowest BCUT2D eigenvalue weighted by molar-refractivity contribution is 0.0824. The number of rotatable bonds is 6. The lowest BCUT2D eigenvalue weighted by atomic mass is 10.2. The van der Waals surface area contributed by atoms with E-state index in [4.69, 9.17) is 0 Å². The highest BCUT2D eigenvalue weighted by atomic mass is 16.2. The Bertz CT molecular complexity index is 349. The summed E-state index contributed by atoms with van der Waals surface area (Å²) in [5.74, 6) is -0.121. The predicted molar refractivity (Wildman–Crippen MR) is 65.9 cm³/mol. The Morgan fingerprint density at radius 1 is 1.19 bits per heavy atom. The molecular weight excluding hydrogens is 200 g/mol. The van der Waals surface area contributed by atoms with Crippen LogP contribution in [0.15, 0.2) is 55.6 Å². The maximum Gasteiger partial charge on any atom is 0.265 e. The number of hydrazine groups is 1. The molecule has 1 aromatic carbocycles. The number of amides is 1. The fourth-order valence-electron chi connectivity index (χ4n) is 1.28. The first-order chi connectivity index (χ1) is 7.77. The molecule has 1 amide bonds. The zero-order chi connectivity index (χ0) is 11.8. The van der Waals surface area contributed by atoms with E-state index in [-0.39, 0.29) is 5.91 Å². The van der Waals surface area contributed by atoms with Crippen molar-refractivity contribution in [3.63, 3.8) is 0 Å². The van der Waals surface area contributed by atoms with Crippen molar-refractivity contribution in [3.8, 4) is 0 Å². The molecule has 0 saturated carbocycles. The molecule has 0 bridgehead atoms. The molecule has 0 fully saturated rings. The third kappa shape index (κ3) is 3.71. The van der Waals surface area contributed by atoms with Gasteiger partial charge in [-0.05, 0) is 12.1 Å². The lowest BCUT2D eigenvalue weighted by Gasteiger charge is -2.19. The van der Waals surface area contributed by atoms with Crippen LogP contribution in [0.5, 0.6) is 0 Å². The van der Waals surface area contributed by atoms with Crippen molar-refractivity contribution in [2.45, 2.75) is 0 Å². The van der Waals surface area contributed by atoms with Crippen molar-refractivity contribution < 1.29 is 4.79 Å². The second kappa shape index (κ2) is 6.58. The van der Waals surface area contributed by atoms with Gasteiger partial charge in [-0.2, -0.15) is 0 Å². The molecule has 1 N–H and O–H groups in total. The summed E-state index contributed by atoms with van der Waals surface area (Å²) in [4.78, 5) is 11.8. The van der Waals surface area contributed by atoms with Crippen molar-refractivity contribution in [1.29, 1.82) is 0 Å². The van der Waals surface area contributed by atoms with Crippen LogP contribution < -0.4 is 5.43 Å². The van der Waals surface area contributed by atoms with E-state index in [0.29, 0.717) is 18.7 Å². The van der Waals surface area contributed by atoms with E-state index < -0.39 is 0 Å². The van der Waals surface area contributed by atoms with Crippen LogP contribution in [0.3, 0.4) is 0 Å². The van der Waals surface area contributed by atoms with Crippen LogP contribution in [-0.2, 0) is 0 Å². The number of carbonyl (C=O) groups excluding carboxylic acids is 1. The number of nitrogens with one attached hydrogen (secondary N) is 1. The molecule has 16 heavy (non-hydrogen) atoms. The first kappa shape index (κ1) is 12.2. The second-order valence-corrected chi connectivity index (χ2v) is 3.29. The highest BCUT2D eigenvalue weighted by Gasteiger charge is 2.07. The topological polar surface area (TPSA) is 32.3 Å². The fraction of sp³-hybridized carbons (Fsp3) is 0.154. The largest absolute Gasteiger partial charge is 0.284 e. The van der Waals surface area contributed by atoms with Gasteiger partial charge in [0.2, 0.25) is 0 Å². The minimum atomic E-state index is -0.121. The summed E-state index contributed by atoms with van der Waals surface area (Å²) in [6, 6.07) is 9.09. The first-order valence-electron chi connectivity index (χ1n) is 5.10. The molecular formula is C13H16N2O. The van der Waals surface area contributed by atoms with E-state index >= 15 is 0 Å². The summed E-state index contributed by atoms with van der Waals surface area (Å²) in [6.45, 7) is 8.45. The quantitative estimate of drug-likeness (QED) is 0.582. The van der Waals surface area contributed by atoms with Crippen LogP contribution in [0.4, 0.5) is 0 Å². The van der Waals surface area contributed by atoms with Gasteiger partial charge in [-0.3, -0.25) is 10.2 Å². The SMILES string of the molecule is C=CCN(CC=C)NC(=O)c1ccccc1. The minimum absolute atomic E-state index is 0.121. The van der Waals surface area contributed by atoms with Gasteiger partial charge >= 0.3 is 0 Å². The Labute approximate surface area is 96.0 Å². The van der Waals surface area contributed by atoms with Gasteiger partial charge < -0.3 is 0 Å². The Balaban J connectivity index is 2.61. The third-order valence-corrected chi connectivity index (χ3v) is 1.99. The van der Waals surface area contributed by atoms with E-state index in [1.165, 1.54) is 0 Å². The van der Waals surface area contributed by atoms with E-state index in [0.717, 1.165) is 0 Å². The van der Waals surface area contributed by atoms with Crippen molar-refractivity contribution in [2.75, 3.05) is 13.1 Å². The standard InChI is InChI=1S/C13H16N2O/c1-3-10-15(11-4-2)14-13(16)12-8-6-5-7-9-12/h3-9H,1-2,10-11H2,(H,14,16). The van der Waals surface area contributed by atoms with Crippen LogP contribution in [0, 0.1) is 0 Å². The maximum absolute atomic E-state index is 11.8. The number of hydrogen-bond donors (Lipinski definition) is 1. The molecule has 0 aromatic heterocycles. The highest BCUT2D eigenvalue weighted by Crippen LogP contribution is 1.98. The first-order valence-corrected chi connectivity index (χ1v) is 5.10. The number of nitrogens with zero attached hydrogens (tertiary/aromatic N) is 1.